The van der Waals surface area contributed by atoms with Crippen LogP contribution in [0.3, 0.4) is 0 Å². The number of hydrogen-bond donors (Lipinski definition) is 1. The van der Waals surface area contributed by atoms with Crippen molar-refractivity contribution in [3.05, 3.63) is 28.8 Å². The summed E-state index contributed by atoms with van der Waals surface area (Å²) in [6.07, 6.45) is 2.94. The van der Waals surface area contributed by atoms with E-state index in [-0.39, 0.29) is 22.7 Å². The van der Waals surface area contributed by atoms with E-state index < -0.39 is 5.82 Å². The smallest absolute Gasteiger partial charge is 0.254 e. The van der Waals surface area contributed by atoms with Gasteiger partial charge in [0.25, 0.3) is 5.91 Å². The lowest BCUT2D eigenvalue weighted by Crippen LogP contribution is -2.25. The molecule has 0 radical (unpaired) electrons. The van der Waals surface area contributed by atoms with E-state index in [1.54, 1.807) is 0 Å². The maximum Gasteiger partial charge on any atom is 0.254 e. The summed E-state index contributed by atoms with van der Waals surface area (Å²) in [5.41, 5.74) is 0.0959. The summed E-state index contributed by atoms with van der Waals surface area (Å²) in [4.78, 5) is 15.0. The summed E-state index contributed by atoms with van der Waals surface area (Å²) in [5, 5.41) is 2.74. The van der Waals surface area contributed by atoms with Crippen LogP contribution in [0.5, 0.6) is 0 Å². The largest absolute Gasteiger partial charge is 0.349 e. The van der Waals surface area contributed by atoms with Gasteiger partial charge in [0.05, 0.1) is 11.8 Å². The molecular formula is C9H8ClFN2O. The maximum absolute atomic E-state index is 12.8. The fourth-order valence-corrected chi connectivity index (χ4v) is 1.26. The van der Waals surface area contributed by atoms with E-state index in [1.165, 1.54) is 0 Å². The Morgan fingerprint density at radius 1 is 1.64 bits per heavy atom. The first-order chi connectivity index (χ1) is 6.66. The van der Waals surface area contributed by atoms with Crippen LogP contribution in [0.25, 0.3) is 0 Å². The Kier molecular flexibility index (Phi) is 2.37. The zero-order valence-corrected chi connectivity index (χ0v) is 8.01. The highest BCUT2D eigenvalue weighted by atomic mass is 35.5. The molecule has 1 aliphatic rings. The Morgan fingerprint density at radius 3 is 3.00 bits per heavy atom. The van der Waals surface area contributed by atoms with Crippen molar-refractivity contribution >= 4 is 17.5 Å². The molecule has 1 aromatic heterocycles. The van der Waals surface area contributed by atoms with E-state index in [0.29, 0.717) is 0 Å². The number of carbonyl (C=O) groups excluding carboxylic acids is 1. The van der Waals surface area contributed by atoms with Gasteiger partial charge in [-0.3, -0.25) is 4.79 Å². The second-order valence-corrected chi connectivity index (χ2v) is 3.60. The van der Waals surface area contributed by atoms with E-state index in [2.05, 4.69) is 10.3 Å². The van der Waals surface area contributed by atoms with Crippen molar-refractivity contribution in [2.75, 3.05) is 0 Å². The second kappa shape index (κ2) is 3.53. The van der Waals surface area contributed by atoms with Crippen LogP contribution >= 0.6 is 11.6 Å². The minimum atomic E-state index is -0.560. The molecule has 1 N–H and O–H groups in total. The maximum atomic E-state index is 12.8. The molecule has 0 saturated heterocycles. The Labute approximate surface area is 85.3 Å². The number of rotatable bonds is 2. The van der Waals surface area contributed by atoms with Gasteiger partial charge in [-0.1, -0.05) is 11.6 Å². The summed E-state index contributed by atoms with van der Waals surface area (Å²) in [7, 11) is 0. The van der Waals surface area contributed by atoms with Gasteiger partial charge < -0.3 is 5.32 Å². The first-order valence-electron chi connectivity index (χ1n) is 4.29. The Hall–Kier alpha value is -1.16. The van der Waals surface area contributed by atoms with Crippen molar-refractivity contribution in [3.63, 3.8) is 0 Å². The van der Waals surface area contributed by atoms with Gasteiger partial charge in [0, 0.05) is 6.04 Å². The summed E-state index contributed by atoms with van der Waals surface area (Å²) in [6, 6.07) is 1.31. The van der Waals surface area contributed by atoms with Crippen molar-refractivity contribution < 1.29 is 9.18 Å². The molecule has 0 spiro atoms. The van der Waals surface area contributed by atoms with Crippen LogP contribution in [-0.2, 0) is 0 Å². The van der Waals surface area contributed by atoms with E-state index in [1.807, 2.05) is 0 Å². The van der Waals surface area contributed by atoms with E-state index >= 15 is 0 Å². The molecule has 0 aromatic carbocycles. The minimum absolute atomic E-state index is 0.0320. The molecule has 1 saturated carbocycles. The average Bonchev–Trinajstić information content (AvgIpc) is 2.93. The first-order valence-corrected chi connectivity index (χ1v) is 4.66. The molecule has 1 amide bonds. The third-order valence-corrected chi connectivity index (χ3v) is 2.26. The van der Waals surface area contributed by atoms with E-state index in [4.69, 9.17) is 11.6 Å². The fourth-order valence-electron chi connectivity index (χ4n) is 1.07. The molecule has 5 heteroatoms. The number of carbonyl (C=O) groups is 1. The molecule has 1 aliphatic carbocycles. The first kappa shape index (κ1) is 9.40. The Balaban J connectivity index is 2.20. The van der Waals surface area contributed by atoms with Crippen LogP contribution in [0.4, 0.5) is 4.39 Å². The van der Waals surface area contributed by atoms with E-state index in [9.17, 15) is 9.18 Å². The molecule has 74 valence electrons. The summed E-state index contributed by atoms with van der Waals surface area (Å²) in [5.74, 6) is -0.917. The van der Waals surface area contributed by atoms with Crippen LogP contribution in [0.1, 0.15) is 23.2 Å². The van der Waals surface area contributed by atoms with Crippen LogP contribution in [0, 0.1) is 5.82 Å². The molecule has 0 bridgehead atoms. The third kappa shape index (κ3) is 2.01. The van der Waals surface area contributed by atoms with Gasteiger partial charge in [0.1, 0.15) is 11.0 Å². The van der Waals surface area contributed by atoms with E-state index in [0.717, 1.165) is 25.1 Å². The highest BCUT2D eigenvalue weighted by Crippen LogP contribution is 2.21. The molecule has 3 nitrogen and oxygen atoms in total. The summed E-state index contributed by atoms with van der Waals surface area (Å²) in [6.45, 7) is 0. The molecule has 14 heavy (non-hydrogen) atoms. The topological polar surface area (TPSA) is 42.0 Å². The number of nitrogens with one attached hydrogen (secondary N) is 1. The summed E-state index contributed by atoms with van der Waals surface area (Å²) >= 11 is 5.66. The van der Waals surface area contributed by atoms with Crippen molar-refractivity contribution in [1.82, 2.24) is 10.3 Å². The quantitative estimate of drug-likeness (QED) is 0.763. The van der Waals surface area contributed by atoms with Crippen LogP contribution < -0.4 is 5.32 Å². The molecule has 1 aromatic rings. The molecule has 0 unspecified atom stereocenters. The number of nitrogens with zero attached hydrogens (tertiary/aromatic N) is 1. The van der Waals surface area contributed by atoms with Crippen molar-refractivity contribution in [2.45, 2.75) is 18.9 Å². The van der Waals surface area contributed by atoms with Crippen molar-refractivity contribution in [2.24, 2.45) is 0 Å². The molecule has 1 heterocycles. The number of aromatic nitrogens is 1. The van der Waals surface area contributed by atoms with Gasteiger partial charge >= 0.3 is 0 Å². The van der Waals surface area contributed by atoms with Crippen LogP contribution in [-0.4, -0.2) is 16.9 Å². The molecule has 0 atom stereocenters. The molecule has 2 rings (SSSR count). The monoisotopic (exact) mass is 214 g/mol. The summed E-state index contributed by atoms with van der Waals surface area (Å²) < 4.78 is 12.8. The predicted octanol–water partition coefficient (Wildman–Crippen LogP) is 1.77. The number of hydrogen-bond acceptors (Lipinski definition) is 2. The van der Waals surface area contributed by atoms with Crippen LogP contribution in [0.15, 0.2) is 12.3 Å². The lowest BCUT2D eigenvalue weighted by molar-refractivity contribution is 0.0950. The SMILES string of the molecule is O=C(NC1CC1)c1cc(F)cnc1Cl. The lowest BCUT2D eigenvalue weighted by atomic mass is 10.2. The van der Waals surface area contributed by atoms with Gasteiger partial charge in [0.15, 0.2) is 0 Å². The predicted molar refractivity (Wildman–Crippen MR) is 49.7 cm³/mol. The zero-order chi connectivity index (χ0) is 10.1. The average molecular weight is 215 g/mol. The van der Waals surface area contributed by atoms with Gasteiger partial charge in [-0.05, 0) is 18.9 Å². The highest BCUT2D eigenvalue weighted by Gasteiger charge is 2.25. The molecular weight excluding hydrogens is 207 g/mol. The highest BCUT2D eigenvalue weighted by molar-refractivity contribution is 6.32. The Morgan fingerprint density at radius 2 is 2.36 bits per heavy atom. The van der Waals surface area contributed by atoms with Gasteiger partial charge in [-0.15, -0.1) is 0 Å². The second-order valence-electron chi connectivity index (χ2n) is 3.24. The number of pyridine rings is 1. The van der Waals surface area contributed by atoms with Gasteiger partial charge in [0.2, 0.25) is 0 Å². The van der Waals surface area contributed by atoms with Crippen molar-refractivity contribution in [3.8, 4) is 0 Å². The lowest BCUT2D eigenvalue weighted by Gasteiger charge is -2.04. The van der Waals surface area contributed by atoms with Crippen molar-refractivity contribution in [1.29, 1.82) is 0 Å². The Bertz CT molecular complexity index is 379. The third-order valence-electron chi connectivity index (χ3n) is 1.96. The number of halogens is 2. The van der Waals surface area contributed by atoms with Crippen LogP contribution in [0.2, 0.25) is 5.15 Å². The van der Waals surface area contributed by atoms with Gasteiger partial charge in [-0.2, -0.15) is 0 Å². The normalized spacial score (nSPS) is 15.3. The fraction of sp³-hybridized carbons (Fsp3) is 0.333. The standard InChI is InChI=1S/C9H8ClFN2O/c10-8-7(3-5(11)4-12-8)9(14)13-6-1-2-6/h3-4,6H,1-2H2,(H,13,14). The minimum Gasteiger partial charge on any atom is -0.349 e. The zero-order valence-electron chi connectivity index (χ0n) is 7.26. The van der Waals surface area contributed by atoms with Gasteiger partial charge in [-0.25, -0.2) is 9.37 Å². The molecule has 1 fully saturated rings. The molecule has 0 aliphatic heterocycles. The number of amides is 1.